The fourth-order valence-corrected chi connectivity index (χ4v) is 2.52. The number of nitrogens with one attached hydrogen (secondary N) is 2. The SMILES string of the molecule is CC(C)CC(CO)NC(=O)NCCc1cnn(-c2ccccc2)c1. The number of urea groups is 1. The Balaban J connectivity index is 1.76. The van der Waals surface area contributed by atoms with E-state index >= 15 is 0 Å². The Morgan fingerprint density at radius 3 is 2.71 bits per heavy atom. The van der Waals surface area contributed by atoms with Gasteiger partial charge < -0.3 is 15.7 Å². The van der Waals surface area contributed by atoms with Gasteiger partial charge in [0.1, 0.15) is 0 Å². The van der Waals surface area contributed by atoms with Crippen LogP contribution in [-0.4, -0.2) is 40.1 Å². The zero-order chi connectivity index (χ0) is 17.4. The van der Waals surface area contributed by atoms with Crippen LogP contribution in [0.2, 0.25) is 0 Å². The van der Waals surface area contributed by atoms with Gasteiger partial charge in [-0.1, -0.05) is 32.0 Å². The first-order valence-corrected chi connectivity index (χ1v) is 8.32. The van der Waals surface area contributed by atoms with Crippen LogP contribution in [0.25, 0.3) is 5.69 Å². The van der Waals surface area contributed by atoms with Gasteiger partial charge in [0.2, 0.25) is 0 Å². The van der Waals surface area contributed by atoms with E-state index in [1.807, 2.05) is 47.4 Å². The molecule has 0 bridgehead atoms. The quantitative estimate of drug-likeness (QED) is 0.694. The number of benzene rings is 1. The number of rotatable bonds is 8. The van der Waals surface area contributed by atoms with Crippen LogP contribution in [0.4, 0.5) is 4.79 Å². The highest BCUT2D eigenvalue weighted by molar-refractivity contribution is 5.74. The average Bonchev–Trinajstić information content (AvgIpc) is 3.03. The molecule has 1 atom stereocenters. The number of hydrogen-bond acceptors (Lipinski definition) is 3. The van der Waals surface area contributed by atoms with Gasteiger partial charge in [0.15, 0.2) is 0 Å². The lowest BCUT2D eigenvalue weighted by molar-refractivity contribution is 0.207. The van der Waals surface area contributed by atoms with Gasteiger partial charge >= 0.3 is 6.03 Å². The minimum absolute atomic E-state index is 0.0462. The number of hydrogen-bond donors (Lipinski definition) is 3. The number of aromatic nitrogens is 2. The van der Waals surface area contributed by atoms with Crippen molar-refractivity contribution in [1.82, 2.24) is 20.4 Å². The van der Waals surface area contributed by atoms with Crippen molar-refractivity contribution in [2.24, 2.45) is 5.92 Å². The minimum Gasteiger partial charge on any atom is -0.394 e. The van der Waals surface area contributed by atoms with Crippen molar-refractivity contribution in [3.8, 4) is 5.69 Å². The summed E-state index contributed by atoms with van der Waals surface area (Å²) in [5.41, 5.74) is 2.06. The van der Waals surface area contributed by atoms with E-state index in [1.165, 1.54) is 0 Å². The van der Waals surface area contributed by atoms with Gasteiger partial charge in [0.25, 0.3) is 0 Å². The molecule has 0 aliphatic rings. The summed E-state index contributed by atoms with van der Waals surface area (Å²) in [5, 5.41) is 19.2. The molecule has 0 aliphatic heterocycles. The number of amides is 2. The molecule has 2 amide bonds. The third-order valence-corrected chi connectivity index (χ3v) is 3.67. The van der Waals surface area contributed by atoms with E-state index in [0.29, 0.717) is 18.9 Å². The molecule has 0 aliphatic carbocycles. The standard InChI is InChI=1S/C18H26N4O2/c1-14(2)10-16(13-23)21-18(24)19-9-8-15-11-20-22(12-15)17-6-4-3-5-7-17/h3-7,11-12,14,16,23H,8-10,13H2,1-2H3,(H2,19,21,24). The summed E-state index contributed by atoms with van der Waals surface area (Å²) in [4.78, 5) is 11.9. The van der Waals surface area contributed by atoms with E-state index in [-0.39, 0.29) is 18.7 Å². The number of aliphatic hydroxyl groups excluding tert-OH is 1. The second kappa shape index (κ2) is 9.08. The second-order valence-corrected chi connectivity index (χ2v) is 6.29. The zero-order valence-corrected chi connectivity index (χ0v) is 14.3. The third-order valence-electron chi connectivity index (χ3n) is 3.67. The fraction of sp³-hybridized carbons (Fsp3) is 0.444. The Labute approximate surface area is 142 Å². The highest BCUT2D eigenvalue weighted by Gasteiger charge is 2.12. The highest BCUT2D eigenvalue weighted by atomic mass is 16.3. The number of carbonyl (C=O) groups excluding carboxylic acids is 1. The first-order chi connectivity index (χ1) is 11.6. The molecular formula is C18H26N4O2. The molecule has 0 saturated carbocycles. The molecule has 6 nitrogen and oxygen atoms in total. The molecule has 24 heavy (non-hydrogen) atoms. The maximum atomic E-state index is 11.9. The third kappa shape index (κ3) is 5.70. The summed E-state index contributed by atoms with van der Waals surface area (Å²) in [6.07, 6.45) is 5.23. The molecule has 0 radical (unpaired) electrons. The lowest BCUT2D eigenvalue weighted by Crippen LogP contribution is -2.44. The minimum atomic E-state index is -0.245. The van der Waals surface area contributed by atoms with Crippen LogP contribution in [-0.2, 0) is 6.42 Å². The van der Waals surface area contributed by atoms with E-state index in [4.69, 9.17) is 0 Å². The van der Waals surface area contributed by atoms with Gasteiger partial charge in [-0.15, -0.1) is 0 Å². The van der Waals surface area contributed by atoms with Gasteiger partial charge in [-0.25, -0.2) is 9.48 Å². The first kappa shape index (κ1) is 18.0. The maximum absolute atomic E-state index is 11.9. The zero-order valence-electron chi connectivity index (χ0n) is 14.3. The molecule has 2 rings (SSSR count). The van der Waals surface area contributed by atoms with Crippen LogP contribution in [0.15, 0.2) is 42.7 Å². The molecule has 1 aromatic heterocycles. The van der Waals surface area contributed by atoms with E-state index in [2.05, 4.69) is 29.6 Å². The molecule has 1 aromatic carbocycles. The topological polar surface area (TPSA) is 79.2 Å². The molecule has 1 unspecified atom stereocenters. The molecule has 0 fully saturated rings. The molecule has 0 saturated heterocycles. The van der Waals surface area contributed by atoms with Crippen LogP contribution >= 0.6 is 0 Å². The van der Waals surface area contributed by atoms with Crippen LogP contribution in [0.5, 0.6) is 0 Å². The van der Waals surface area contributed by atoms with Crippen LogP contribution in [0.3, 0.4) is 0 Å². The van der Waals surface area contributed by atoms with Crippen molar-refractivity contribution in [2.75, 3.05) is 13.2 Å². The van der Waals surface area contributed by atoms with Gasteiger partial charge in [0.05, 0.1) is 24.5 Å². The Morgan fingerprint density at radius 2 is 2.04 bits per heavy atom. The van der Waals surface area contributed by atoms with Crippen molar-refractivity contribution < 1.29 is 9.90 Å². The molecule has 3 N–H and O–H groups in total. The lowest BCUT2D eigenvalue weighted by atomic mass is 10.0. The predicted octanol–water partition coefficient (Wildman–Crippen LogP) is 2.12. The summed E-state index contributed by atoms with van der Waals surface area (Å²) in [6.45, 7) is 4.60. The number of para-hydroxylation sites is 1. The van der Waals surface area contributed by atoms with Crippen molar-refractivity contribution in [2.45, 2.75) is 32.7 Å². The monoisotopic (exact) mass is 330 g/mol. The van der Waals surface area contributed by atoms with Gasteiger partial charge in [-0.3, -0.25) is 0 Å². The lowest BCUT2D eigenvalue weighted by Gasteiger charge is -2.18. The van der Waals surface area contributed by atoms with Crippen LogP contribution in [0, 0.1) is 5.92 Å². The molecule has 0 spiro atoms. The molecule has 1 heterocycles. The Kier molecular flexibility index (Phi) is 6.81. The van der Waals surface area contributed by atoms with Crippen molar-refractivity contribution in [3.05, 3.63) is 48.3 Å². The number of nitrogens with zero attached hydrogens (tertiary/aromatic N) is 2. The normalized spacial score (nSPS) is 12.2. The maximum Gasteiger partial charge on any atom is 0.315 e. The summed E-state index contributed by atoms with van der Waals surface area (Å²) in [7, 11) is 0. The predicted molar refractivity (Wildman–Crippen MR) is 94.1 cm³/mol. The average molecular weight is 330 g/mol. The van der Waals surface area contributed by atoms with E-state index in [1.54, 1.807) is 0 Å². The number of aliphatic hydroxyl groups is 1. The summed E-state index contributed by atoms with van der Waals surface area (Å²) >= 11 is 0. The summed E-state index contributed by atoms with van der Waals surface area (Å²) in [6, 6.07) is 9.44. The van der Waals surface area contributed by atoms with Gasteiger partial charge in [0, 0.05) is 12.7 Å². The summed E-state index contributed by atoms with van der Waals surface area (Å²) in [5.74, 6) is 0.422. The second-order valence-electron chi connectivity index (χ2n) is 6.29. The van der Waals surface area contributed by atoms with Gasteiger partial charge in [-0.2, -0.15) is 5.10 Å². The number of carbonyl (C=O) groups is 1. The molecular weight excluding hydrogens is 304 g/mol. The van der Waals surface area contributed by atoms with Crippen LogP contribution < -0.4 is 10.6 Å². The summed E-state index contributed by atoms with van der Waals surface area (Å²) < 4.78 is 1.82. The van der Waals surface area contributed by atoms with Gasteiger partial charge in [-0.05, 0) is 36.5 Å². The Morgan fingerprint density at radius 1 is 1.29 bits per heavy atom. The van der Waals surface area contributed by atoms with Crippen molar-refractivity contribution in [1.29, 1.82) is 0 Å². The van der Waals surface area contributed by atoms with E-state index in [9.17, 15) is 9.90 Å². The molecule has 130 valence electrons. The largest absolute Gasteiger partial charge is 0.394 e. The molecule has 2 aromatic rings. The Bertz CT molecular complexity index is 625. The van der Waals surface area contributed by atoms with Crippen LogP contribution in [0.1, 0.15) is 25.8 Å². The van der Waals surface area contributed by atoms with E-state index in [0.717, 1.165) is 17.7 Å². The van der Waals surface area contributed by atoms with Crippen molar-refractivity contribution >= 4 is 6.03 Å². The first-order valence-electron chi connectivity index (χ1n) is 8.32. The smallest absolute Gasteiger partial charge is 0.315 e. The van der Waals surface area contributed by atoms with Crippen molar-refractivity contribution in [3.63, 3.8) is 0 Å². The fourth-order valence-electron chi connectivity index (χ4n) is 2.52. The molecule has 6 heteroatoms. The van der Waals surface area contributed by atoms with E-state index < -0.39 is 0 Å². The highest BCUT2D eigenvalue weighted by Crippen LogP contribution is 2.08. The Hall–Kier alpha value is -2.34.